The minimum absolute atomic E-state index is 0.736. The van der Waals surface area contributed by atoms with Crippen LogP contribution in [-0.4, -0.2) is 9.97 Å². The summed E-state index contributed by atoms with van der Waals surface area (Å²) in [6.45, 7) is 4.29. The summed E-state index contributed by atoms with van der Waals surface area (Å²) < 4.78 is 1.08. The summed E-state index contributed by atoms with van der Waals surface area (Å²) in [5.41, 5.74) is 6.21. The molecule has 31 heavy (non-hydrogen) atoms. The van der Waals surface area contributed by atoms with E-state index in [0.29, 0.717) is 0 Å². The standard InChI is InChI=1S/C26H24BrN3S/c1-16-7-13-20(15-17(16)2)28-25-24-21-5-3-4-6-22(21)31-26(24)30-23(29-25)14-10-18-8-11-19(27)12-9-18/h7-15H,3-6H2,1-2H3,(H,28,29,30)/b14-10+. The van der Waals surface area contributed by atoms with Gasteiger partial charge in [-0.15, -0.1) is 11.3 Å². The SMILES string of the molecule is Cc1ccc(Nc2nc(/C=C/c3ccc(Br)cc3)nc3sc4c(c23)CCCC4)cc1C. The number of benzene rings is 2. The van der Waals surface area contributed by atoms with E-state index in [1.54, 1.807) is 0 Å². The van der Waals surface area contributed by atoms with Crippen molar-refractivity contribution in [3.63, 3.8) is 0 Å². The number of fused-ring (bicyclic) bond motifs is 3. The number of anilines is 2. The molecule has 5 rings (SSSR count). The first-order chi connectivity index (χ1) is 15.1. The molecule has 0 aliphatic heterocycles. The molecule has 1 aliphatic rings. The fraction of sp³-hybridized carbons (Fsp3) is 0.231. The summed E-state index contributed by atoms with van der Waals surface area (Å²) in [7, 11) is 0. The van der Waals surface area contributed by atoms with E-state index in [2.05, 4.69) is 71.5 Å². The largest absolute Gasteiger partial charge is 0.340 e. The first-order valence-electron chi connectivity index (χ1n) is 10.7. The molecule has 0 unspecified atom stereocenters. The highest BCUT2D eigenvalue weighted by atomic mass is 79.9. The molecule has 2 aromatic carbocycles. The maximum atomic E-state index is 4.95. The highest BCUT2D eigenvalue weighted by Gasteiger charge is 2.21. The third-order valence-electron chi connectivity index (χ3n) is 5.90. The summed E-state index contributed by atoms with van der Waals surface area (Å²) in [6.07, 6.45) is 8.86. The zero-order valence-electron chi connectivity index (χ0n) is 17.7. The molecule has 0 amide bonds. The molecule has 0 fully saturated rings. The van der Waals surface area contributed by atoms with Gasteiger partial charge in [-0.3, -0.25) is 0 Å². The van der Waals surface area contributed by atoms with Crippen molar-refractivity contribution in [2.24, 2.45) is 0 Å². The number of thiophene rings is 1. The Kier molecular flexibility index (Phi) is 5.63. The van der Waals surface area contributed by atoms with Gasteiger partial charge in [-0.25, -0.2) is 9.97 Å². The number of aryl methyl sites for hydroxylation is 4. The molecule has 0 atom stereocenters. The van der Waals surface area contributed by atoms with E-state index in [4.69, 9.17) is 9.97 Å². The second kappa shape index (κ2) is 8.56. The minimum Gasteiger partial charge on any atom is -0.340 e. The maximum absolute atomic E-state index is 4.95. The average Bonchev–Trinajstić information content (AvgIpc) is 3.14. The van der Waals surface area contributed by atoms with E-state index in [9.17, 15) is 0 Å². The van der Waals surface area contributed by atoms with Crippen LogP contribution in [0, 0.1) is 13.8 Å². The smallest absolute Gasteiger partial charge is 0.155 e. The predicted molar refractivity (Wildman–Crippen MR) is 136 cm³/mol. The van der Waals surface area contributed by atoms with Crippen LogP contribution in [0.25, 0.3) is 22.4 Å². The Morgan fingerprint density at radius 3 is 2.55 bits per heavy atom. The number of hydrogen-bond donors (Lipinski definition) is 1. The summed E-state index contributed by atoms with van der Waals surface area (Å²) in [5, 5.41) is 4.82. The average molecular weight is 490 g/mol. The molecule has 2 heterocycles. The molecule has 0 radical (unpaired) electrons. The lowest BCUT2D eigenvalue weighted by atomic mass is 9.97. The van der Waals surface area contributed by atoms with Crippen molar-refractivity contribution in [2.45, 2.75) is 39.5 Å². The fourth-order valence-electron chi connectivity index (χ4n) is 4.04. The van der Waals surface area contributed by atoms with Crippen molar-refractivity contribution < 1.29 is 0 Å². The van der Waals surface area contributed by atoms with E-state index in [-0.39, 0.29) is 0 Å². The Morgan fingerprint density at radius 1 is 0.935 bits per heavy atom. The molecule has 4 aromatic rings. The van der Waals surface area contributed by atoms with Crippen LogP contribution in [0.5, 0.6) is 0 Å². The highest BCUT2D eigenvalue weighted by Crippen LogP contribution is 2.39. The number of hydrogen-bond acceptors (Lipinski definition) is 4. The lowest BCUT2D eigenvalue weighted by Crippen LogP contribution is -2.02. The third kappa shape index (κ3) is 4.30. The number of nitrogens with one attached hydrogen (secondary N) is 1. The van der Waals surface area contributed by atoms with Gasteiger partial charge in [-0.1, -0.05) is 40.2 Å². The summed E-state index contributed by atoms with van der Waals surface area (Å²) in [4.78, 5) is 12.4. The third-order valence-corrected chi connectivity index (χ3v) is 7.61. The number of halogens is 1. The Labute approximate surface area is 195 Å². The topological polar surface area (TPSA) is 37.8 Å². The normalized spacial score (nSPS) is 13.6. The molecule has 5 heteroatoms. The lowest BCUT2D eigenvalue weighted by molar-refractivity contribution is 0.700. The molecule has 0 spiro atoms. The molecule has 0 bridgehead atoms. The van der Waals surface area contributed by atoms with E-state index in [1.165, 1.54) is 39.8 Å². The first-order valence-corrected chi connectivity index (χ1v) is 12.3. The zero-order valence-corrected chi connectivity index (χ0v) is 20.1. The number of nitrogens with zero attached hydrogens (tertiary/aromatic N) is 2. The van der Waals surface area contributed by atoms with Crippen molar-refractivity contribution in [3.05, 3.63) is 79.9 Å². The van der Waals surface area contributed by atoms with Crippen LogP contribution in [0.2, 0.25) is 0 Å². The lowest BCUT2D eigenvalue weighted by Gasteiger charge is -2.13. The quantitative estimate of drug-likeness (QED) is 0.316. The van der Waals surface area contributed by atoms with Gasteiger partial charge in [0.2, 0.25) is 0 Å². The second-order valence-corrected chi connectivity index (χ2v) is 10.1. The molecule has 1 N–H and O–H groups in total. The van der Waals surface area contributed by atoms with Gasteiger partial charge in [0, 0.05) is 15.0 Å². The van der Waals surface area contributed by atoms with Gasteiger partial charge < -0.3 is 5.32 Å². The molecule has 0 saturated carbocycles. The first kappa shape index (κ1) is 20.4. The molecule has 2 aromatic heterocycles. The Hall–Kier alpha value is -2.50. The molecule has 1 aliphatic carbocycles. The van der Waals surface area contributed by atoms with Gasteiger partial charge in [-0.2, -0.15) is 0 Å². The Morgan fingerprint density at radius 2 is 1.74 bits per heavy atom. The van der Waals surface area contributed by atoms with Crippen LogP contribution in [-0.2, 0) is 12.8 Å². The van der Waals surface area contributed by atoms with E-state index >= 15 is 0 Å². The van der Waals surface area contributed by atoms with Crippen molar-refractivity contribution in [2.75, 3.05) is 5.32 Å². The second-order valence-electron chi connectivity index (χ2n) is 8.13. The molecule has 0 saturated heterocycles. The summed E-state index contributed by atoms with van der Waals surface area (Å²) in [5.74, 6) is 1.66. The van der Waals surface area contributed by atoms with Gasteiger partial charge in [0.05, 0.1) is 5.39 Å². The van der Waals surface area contributed by atoms with Crippen LogP contribution in [0.15, 0.2) is 46.9 Å². The fourth-order valence-corrected chi connectivity index (χ4v) is 5.57. The van der Waals surface area contributed by atoms with Crippen molar-refractivity contribution in [1.29, 1.82) is 0 Å². The van der Waals surface area contributed by atoms with Gasteiger partial charge in [-0.05, 0) is 92.1 Å². The molecule has 3 nitrogen and oxygen atoms in total. The van der Waals surface area contributed by atoms with Crippen LogP contribution in [0.4, 0.5) is 11.5 Å². The maximum Gasteiger partial charge on any atom is 0.155 e. The molecule has 156 valence electrons. The number of aromatic nitrogens is 2. The highest BCUT2D eigenvalue weighted by molar-refractivity contribution is 9.10. The Bertz CT molecular complexity index is 1290. The number of rotatable bonds is 4. The summed E-state index contributed by atoms with van der Waals surface area (Å²) >= 11 is 5.33. The van der Waals surface area contributed by atoms with Gasteiger partial charge in [0.1, 0.15) is 10.6 Å². The monoisotopic (exact) mass is 489 g/mol. The van der Waals surface area contributed by atoms with Crippen LogP contribution < -0.4 is 5.32 Å². The molecular weight excluding hydrogens is 466 g/mol. The minimum atomic E-state index is 0.736. The van der Waals surface area contributed by atoms with E-state index in [1.807, 2.05) is 29.5 Å². The predicted octanol–water partition coefficient (Wildman–Crippen LogP) is 7.86. The van der Waals surface area contributed by atoms with Gasteiger partial charge in [0.25, 0.3) is 0 Å². The van der Waals surface area contributed by atoms with Crippen molar-refractivity contribution in [1.82, 2.24) is 9.97 Å². The van der Waals surface area contributed by atoms with Gasteiger partial charge >= 0.3 is 0 Å². The summed E-state index contributed by atoms with van der Waals surface area (Å²) in [6, 6.07) is 14.7. The van der Waals surface area contributed by atoms with Crippen LogP contribution in [0.3, 0.4) is 0 Å². The van der Waals surface area contributed by atoms with Gasteiger partial charge in [0.15, 0.2) is 5.82 Å². The van der Waals surface area contributed by atoms with E-state index < -0.39 is 0 Å². The van der Waals surface area contributed by atoms with Crippen LogP contribution in [0.1, 0.15) is 45.8 Å². The van der Waals surface area contributed by atoms with E-state index in [0.717, 1.165) is 45.0 Å². The zero-order chi connectivity index (χ0) is 21.4. The Balaban J connectivity index is 1.59. The van der Waals surface area contributed by atoms with Crippen molar-refractivity contribution in [3.8, 4) is 0 Å². The molecular formula is C26H24BrN3S. The van der Waals surface area contributed by atoms with Crippen molar-refractivity contribution >= 4 is 61.1 Å². The van der Waals surface area contributed by atoms with Crippen LogP contribution >= 0.6 is 27.3 Å².